The summed E-state index contributed by atoms with van der Waals surface area (Å²) >= 11 is 6.11. The minimum atomic E-state index is -0.149. The molecule has 1 amide bonds. The van der Waals surface area contributed by atoms with Crippen molar-refractivity contribution < 1.29 is 9.48 Å². The second kappa shape index (κ2) is 8.63. The van der Waals surface area contributed by atoms with Crippen LogP contribution in [0.1, 0.15) is 0 Å². The van der Waals surface area contributed by atoms with E-state index in [9.17, 15) is 4.79 Å². The van der Waals surface area contributed by atoms with Gasteiger partial charge in [-0.15, -0.1) is 16.0 Å². The summed E-state index contributed by atoms with van der Waals surface area (Å²) in [6, 6.07) is 17.5. The summed E-state index contributed by atoms with van der Waals surface area (Å²) in [6.07, 6.45) is 0. The van der Waals surface area contributed by atoms with Crippen molar-refractivity contribution in [2.24, 2.45) is 0 Å². The minimum absolute atomic E-state index is 0.149. The van der Waals surface area contributed by atoms with Crippen molar-refractivity contribution in [3.63, 3.8) is 0 Å². The first-order valence-corrected chi connectivity index (χ1v) is 10.9. The van der Waals surface area contributed by atoms with Crippen LogP contribution in [0.5, 0.6) is 0 Å². The highest BCUT2D eigenvalue weighted by Crippen LogP contribution is 2.26. The zero-order valence-corrected chi connectivity index (χ0v) is 17.6. The molecule has 0 aliphatic heterocycles. The number of carbonyl (C=O) groups excluding carboxylic acids is 1. The van der Waals surface area contributed by atoms with Crippen LogP contribution in [0.25, 0.3) is 16.9 Å². The van der Waals surface area contributed by atoms with E-state index in [2.05, 4.69) is 41.8 Å². The fourth-order valence-electron chi connectivity index (χ4n) is 2.41. The Morgan fingerprint density at radius 3 is 2.75 bits per heavy atom. The number of thioether (sulfide) groups is 1. The topological polar surface area (TPSA) is 87.4 Å². The molecule has 0 aliphatic carbocycles. The summed E-state index contributed by atoms with van der Waals surface area (Å²) in [5.74, 6) is 0.0522. The molecule has 0 unspecified atom stereocenters. The van der Waals surface area contributed by atoms with E-state index >= 15 is 0 Å². The van der Waals surface area contributed by atoms with Crippen molar-refractivity contribution in [2.75, 3.05) is 11.1 Å². The summed E-state index contributed by atoms with van der Waals surface area (Å²) in [6.45, 7) is 0. The van der Waals surface area contributed by atoms with Gasteiger partial charge in [0.05, 0.1) is 11.4 Å². The number of aromatic amines is 1. The molecule has 2 aromatic heterocycles. The predicted molar refractivity (Wildman–Crippen MR) is 113 cm³/mol. The summed E-state index contributed by atoms with van der Waals surface area (Å²) in [4.78, 5) is 16.8. The number of H-pyrrole nitrogens is 1. The Morgan fingerprint density at radius 1 is 1.18 bits per heavy atom. The number of thiazole rings is 1. The molecule has 10 heteroatoms. The summed E-state index contributed by atoms with van der Waals surface area (Å²) in [5.41, 5.74) is 2.73. The minimum Gasteiger partial charge on any atom is -0.301 e. The number of tetrazole rings is 1. The third-order valence-electron chi connectivity index (χ3n) is 3.71. The van der Waals surface area contributed by atoms with Crippen LogP contribution >= 0.6 is 39.0 Å². The number of amides is 1. The monoisotopic (exact) mass is 473 g/mol. The molecule has 2 heterocycles. The Bertz CT molecular complexity index is 1080. The van der Waals surface area contributed by atoms with Crippen LogP contribution < -0.4 is 10.00 Å². The average Bonchev–Trinajstić information content (AvgIpc) is 3.37. The summed E-state index contributed by atoms with van der Waals surface area (Å²) in [5, 5.41) is 16.6. The molecule has 0 radical (unpaired) electrons. The Hall–Kier alpha value is -2.56. The van der Waals surface area contributed by atoms with Crippen molar-refractivity contribution in [3.05, 3.63) is 64.5 Å². The van der Waals surface area contributed by atoms with Gasteiger partial charge < -0.3 is 5.32 Å². The maximum Gasteiger partial charge on any atom is 0.365 e. The molecular formula is C18H14BrN6OS2+. The van der Waals surface area contributed by atoms with E-state index in [4.69, 9.17) is 0 Å². The Morgan fingerprint density at radius 2 is 1.96 bits per heavy atom. The molecule has 2 aromatic carbocycles. The number of halogens is 1. The van der Waals surface area contributed by atoms with Crippen molar-refractivity contribution >= 4 is 50.1 Å². The first kappa shape index (κ1) is 18.8. The molecule has 140 valence electrons. The van der Waals surface area contributed by atoms with Crippen LogP contribution in [0.3, 0.4) is 0 Å². The second-order valence-electron chi connectivity index (χ2n) is 5.64. The Labute approximate surface area is 177 Å². The van der Waals surface area contributed by atoms with Crippen LogP contribution in [0, 0.1) is 0 Å². The number of aromatic nitrogens is 5. The third-order valence-corrected chi connectivity index (χ3v) is 5.92. The molecule has 0 spiro atoms. The molecule has 0 fully saturated rings. The number of carbonyl (C=O) groups is 1. The normalized spacial score (nSPS) is 10.8. The lowest BCUT2D eigenvalue weighted by Crippen LogP contribution is -2.35. The maximum atomic E-state index is 12.3. The van der Waals surface area contributed by atoms with E-state index in [1.807, 2.05) is 60.0 Å². The van der Waals surface area contributed by atoms with E-state index in [-0.39, 0.29) is 11.7 Å². The van der Waals surface area contributed by atoms with E-state index in [0.717, 1.165) is 21.4 Å². The molecule has 0 saturated heterocycles. The molecule has 2 N–H and O–H groups in total. The van der Waals surface area contributed by atoms with Crippen molar-refractivity contribution in [1.29, 1.82) is 0 Å². The molecule has 0 atom stereocenters. The van der Waals surface area contributed by atoms with Gasteiger partial charge in [0, 0.05) is 15.4 Å². The van der Waals surface area contributed by atoms with Crippen LogP contribution in [0.2, 0.25) is 0 Å². The van der Waals surface area contributed by atoms with Gasteiger partial charge in [-0.05, 0) is 36.0 Å². The van der Waals surface area contributed by atoms with Gasteiger partial charge in [-0.2, -0.15) is 0 Å². The van der Waals surface area contributed by atoms with E-state index in [1.54, 1.807) is 4.68 Å². The first-order chi connectivity index (χ1) is 13.7. The number of nitrogens with zero attached hydrogens (tertiary/aromatic N) is 4. The number of benzene rings is 2. The smallest absolute Gasteiger partial charge is 0.301 e. The van der Waals surface area contributed by atoms with Crippen LogP contribution in [0.4, 0.5) is 5.13 Å². The second-order valence-corrected chi connectivity index (χ2v) is 8.35. The SMILES string of the molecule is O=C(CSc1nn[nH][n+]1-c1ccccc1)Nc1nc(-c2ccc(Br)cc2)cs1. The summed E-state index contributed by atoms with van der Waals surface area (Å²) < 4.78 is 2.74. The average molecular weight is 474 g/mol. The highest BCUT2D eigenvalue weighted by molar-refractivity contribution is 9.10. The number of rotatable bonds is 6. The predicted octanol–water partition coefficient (Wildman–Crippen LogP) is 3.70. The van der Waals surface area contributed by atoms with Gasteiger partial charge in [-0.3, -0.25) is 4.79 Å². The lowest BCUT2D eigenvalue weighted by molar-refractivity contribution is -0.697. The molecule has 28 heavy (non-hydrogen) atoms. The quantitative estimate of drug-likeness (QED) is 0.329. The number of hydrogen-bond acceptors (Lipinski definition) is 6. The van der Waals surface area contributed by atoms with Gasteiger partial charge in [0.2, 0.25) is 5.91 Å². The number of para-hydroxylation sites is 1. The van der Waals surface area contributed by atoms with Gasteiger partial charge >= 0.3 is 5.16 Å². The molecule has 7 nitrogen and oxygen atoms in total. The zero-order valence-electron chi connectivity index (χ0n) is 14.4. The highest BCUT2D eigenvalue weighted by atomic mass is 79.9. The van der Waals surface area contributed by atoms with E-state index < -0.39 is 0 Å². The van der Waals surface area contributed by atoms with Crippen LogP contribution in [-0.4, -0.2) is 32.2 Å². The lowest BCUT2D eigenvalue weighted by atomic mass is 10.2. The molecule has 0 bridgehead atoms. The van der Waals surface area contributed by atoms with E-state index in [0.29, 0.717) is 10.3 Å². The van der Waals surface area contributed by atoms with Gasteiger partial charge in [0.1, 0.15) is 10.8 Å². The largest absolute Gasteiger partial charge is 0.365 e. The zero-order chi connectivity index (χ0) is 19.3. The van der Waals surface area contributed by atoms with E-state index in [1.165, 1.54) is 23.1 Å². The van der Waals surface area contributed by atoms with Crippen molar-refractivity contribution in [3.8, 4) is 16.9 Å². The van der Waals surface area contributed by atoms with Gasteiger partial charge in [-0.1, -0.05) is 51.5 Å². The van der Waals surface area contributed by atoms with Crippen molar-refractivity contribution in [1.82, 2.24) is 20.5 Å². The molecular weight excluding hydrogens is 460 g/mol. The molecule has 0 aliphatic rings. The Kier molecular flexibility index (Phi) is 5.79. The van der Waals surface area contributed by atoms with Crippen LogP contribution in [-0.2, 0) is 4.79 Å². The number of hydrogen-bond donors (Lipinski definition) is 2. The first-order valence-electron chi connectivity index (χ1n) is 8.22. The number of nitrogens with one attached hydrogen (secondary N) is 2. The number of anilines is 1. The molecule has 4 rings (SSSR count). The third kappa shape index (κ3) is 4.46. The fraction of sp³-hybridized carbons (Fsp3) is 0.0556. The van der Waals surface area contributed by atoms with Crippen molar-refractivity contribution in [2.45, 2.75) is 5.16 Å². The fourth-order valence-corrected chi connectivity index (χ4v) is 4.11. The maximum absolute atomic E-state index is 12.3. The standard InChI is InChI=1S/C18H13BrN6OS2/c19-13-8-6-12(7-9-13)15-10-27-17(20-15)21-16(26)11-28-18-22-23-24-25(18)14-4-2-1-3-5-14/h1-10H,11H2,(H,20,21,26)/p+1. The lowest BCUT2D eigenvalue weighted by Gasteiger charge is -2.00. The summed E-state index contributed by atoms with van der Waals surface area (Å²) in [7, 11) is 0. The highest BCUT2D eigenvalue weighted by Gasteiger charge is 2.19. The molecule has 0 saturated carbocycles. The Balaban J connectivity index is 1.37. The van der Waals surface area contributed by atoms with Gasteiger partial charge in [-0.25, -0.2) is 4.98 Å². The van der Waals surface area contributed by atoms with Gasteiger partial charge in [0.15, 0.2) is 10.3 Å². The molecule has 4 aromatic rings. The van der Waals surface area contributed by atoms with Crippen LogP contribution in [0.15, 0.2) is 69.6 Å². The van der Waals surface area contributed by atoms with Gasteiger partial charge in [0.25, 0.3) is 0 Å².